The fourth-order valence-electron chi connectivity index (χ4n) is 6.14. The Labute approximate surface area is 250 Å². The first-order valence-electron chi connectivity index (χ1n) is 15.0. The molecule has 41 heavy (non-hydrogen) atoms. The maximum absolute atomic E-state index is 12.7. The summed E-state index contributed by atoms with van der Waals surface area (Å²) in [6, 6.07) is 7.60. The third kappa shape index (κ3) is 9.92. The van der Waals surface area contributed by atoms with Gasteiger partial charge >= 0.3 is 5.97 Å². The maximum Gasteiger partial charge on any atom is 0.338 e. The Kier molecular flexibility index (Phi) is 14.3. The molecule has 0 spiro atoms. The van der Waals surface area contributed by atoms with Gasteiger partial charge in [0, 0.05) is 11.8 Å². The number of methoxy groups -OCH3 is 1. The van der Waals surface area contributed by atoms with Gasteiger partial charge in [-0.3, -0.25) is 0 Å². The van der Waals surface area contributed by atoms with Crippen molar-refractivity contribution in [3.8, 4) is 5.75 Å². The molecule has 0 aliphatic rings. The Bertz CT molecular complexity index is 930. The fourth-order valence-corrected chi connectivity index (χ4v) is 11.8. The number of rotatable bonds is 16. The van der Waals surface area contributed by atoms with E-state index in [1.54, 1.807) is 34.8 Å². The smallest absolute Gasteiger partial charge is 0.338 e. The van der Waals surface area contributed by atoms with Crippen LogP contribution in [0.25, 0.3) is 0 Å². The molecule has 6 atom stereocenters. The molecule has 0 unspecified atom stereocenters. The minimum atomic E-state index is -2.30. The molecule has 0 radical (unpaired) electrons. The van der Waals surface area contributed by atoms with Crippen LogP contribution < -0.4 is 4.74 Å². The van der Waals surface area contributed by atoms with Gasteiger partial charge in [-0.05, 0) is 62.0 Å². The normalized spacial score (nSPS) is 17.2. The number of hydrogen-bond donors (Lipinski definition) is 2. The minimum absolute atomic E-state index is 0.246. The molecule has 0 amide bonds. The third-order valence-electron chi connectivity index (χ3n) is 8.15. The second kappa shape index (κ2) is 15.7. The Hall–Kier alpha value is -1.71. The molecule has 236 valence electrons. The molecule has 0 heterocycles. The average Bonchev–Trinajstić information content (AvgIpc) is 2.86. The van der Waals surface area contributed by atoms with Crippen molar-refractivity contribution in [2.45, 2.75) is 136 Å². The number of ether oxygens (including phenoxy) is 3. The molecular weight excluding hydrogens is 536 g/mol. The third-order valence-corrected chi connectivity index (χ3v) is 14.2. The van der Waals surface area contributed by atoms with E-state index < -0.39 is 44.1 Å². The lowest BCUT2D eigenvalue weighted by atomic mass is 9.82. The molecule has 0 bridgehead atoms. The summed E-state index contributed by atoms with van der Waals surface area (Å²) in [5.74, 6) is -0.998. The van der Waals surface area contributed by atoms with Gasteiger partial charge < -0.3 is 28.8 Å². The molecule has 1 aromatic carbocycles. The van der Waals surface area contributed by atoms with E-state index in [-0.39, 0.29) is 18.6 Å². The predicted molar refractivity (Wildman–Crippen MR) is 168 cm³/mol. The predicted octanol–water partition coefficient (Wildman–Crippen LogP) is 7.05. The molecule has 0 fully saturated rings. The first-order valence-corrected chi connectivity index (χ1v) is 17.1. The topological polar surface area (TPSA) is 94.5 Å². The largest absolute Gasteiger partial charge is 0.497 e. The quantitative estimate of drug-likeness (QED) is 0.120. The van der Waals surface area contributed by atoms with Crippen molar-refractivity contribution < 1.29 is 33.6 Å². The van der Waals surface area contributed by atoms with Crippen molar-refractivity contribution >= 4 is 14.3 Å². The van der Waals surface area contributed by atoms with Crippen LogP contribution in [0.15, 0.2) is 36.4 Å². The van der Waals surface area contributed by atoms with E-state index in [1.165, 1.54) is 0 Å². The zero-order valence-corrected chi connectivity index (χ0v) is 28.9. The Morgan fingerprint density at radius 2 is 1.39 bits per heavy atom. The van der Waals surface area contributed by atoms with Crippen molar-refractivity contribution in [3.05, 3.63) is 42.0 Å². The Morgan fingerprint density at radius 1 is 0.902 bits per heavy atom. The molecule has 2 N–H and O–H groups in total. The van der Waals surface area contributed by atoms with Crippen molar-refractivity contribution in [2.24, 2.45) is 11.8 Å². The minimum Gasteiger partial charge on any atom is -0.497 e. The summed E-state index contributed by atoms with van der Waals surface area (Å²) in [6.45, 7) is 29.0. The maximum atomic E-state index is 12.7. The van der Waals surface area contributed by atoms with Gasteiger partial charge in [-0.25, -0.2) is 4.79 Å². The summed E-state index contributed by atoms with van der Waals surface area (Å²) in [7, 11) is -0.684. The molecule has 1 aromatic rings. The van der Waals surface area contributed by atoms with Crippen LogP contribution in [0.5, 0.6) is 5.75 Å². The Morgan fingerprint density at radius 3 is 1.78 bits per heavy atom. The highest BCUT2D eigenvalue weighted by Gasteiger charge is 2.49. The van der Waals surface area contributed by atoms with Gasteiger partial charge in [0.1, 0.15) is 11.4 Å². The van der Waals surface area contributed by atoms with Crippen LogP contribution in [0.2, 0.25) is 16.6 Å². The highest BCUT2D eigenvalue weighted by Crippen LogP contribution is 2.45. The summed E-state index contributed by atoms with van der Waals surface area (Å²) in [4.78, 5) is 12.7. The second-order valence-electron chi connectivity index (χ2n) is 13.5. The fraction of sp³-hybridized carbons (Fsp3) is 0.727. The zero-order valence-electron chi connectivity index (χ0n) is 27.9. The molecule has 0 aliphatic carbocycles. The van der Waals surface area contributed by atoms with Crippen LogP contribution in [-0.2, 0) is 25.3 Å². The van der Waals surface area contributed by atoms with Gasteiger partial charge in [-0.15, -0.1) is 0 Å². The molecule has 0 saturated heterocycles. The van der Waals surface area contributed by atoms with Crippen molar-refractivity contribution in [1.29, 1.82) is 0 Å². The first kappa shape index (κ1) is 37.3. The number of aliphatic hydroxyl groups excluding tert-OH is 2. The summed E-state index contributed by atoms with van der Waals surface area (Å²) in [6.07, 6.45) is -4.06. The molecular formula is C33H58O7Si. The van der Waals surface area contributed by atoms with Gasteiger partial charge in [0.15, 0.2) is 6.10 Å². The van der Waals surface area contributed by atoms with Crippen LogP contribution in [0.3, 0.4) is 0 Å². The molecule has 0 aliphatic heterocycles. The monoisotopic (exact) mass is 594 g/mol. The number of esters is 1. The van der Waals surface area contributed by atoms with Gasteiger partial charge in [0.2, 0.25) is 8.32 Å². The molecule has 7 nitrogen and oxygen atoms in total. The lowest BCUT2D eigenvalue weighted by Gasteiger charge is -2.47. The van der Waals surface area contributed by atoms with Gasteiger partial charge in [-0.2, -0.15) is 0 Å². The molecule has 0 aromatic heterocycles. The Balaban J connectivity index is 3.48. The second-order valence-corrected chi connectivity index (χ2v) is 18.9. The van der Waals surface area contributed by atoms with Crippen LogP contribution in [-0.4, -0.2) is 61.6 Å². The van der Waals surface area contributed by atoms with Crippen LogP contribution in [0, 0.1) is 11.8 Å². The SMILES string of the molecule is C=C(C)[C@H](O[Si](C(C)C)(C(C)C)C(C)C)[C@@H](C)[C@@H](OCc1ccc(OC)cc1)[C@@H](C)[C@@H](O)[C@H](O)C(=O)OC(C)(C)C. The number of carbonyl (C=O) groups is 1. The molecule has 0 saturated carbocycles. The van der Waals surface area contributed by atoms with Gasteiger partial charge in [0.05, 0.1) is 32.0 Å². The lowest BCUT2D eigenvalue weighted by Crippen LogP contribution is -2.54. The van der Waals surface area contributed by atoms with E-state index in [0.717, 1.165) is 16.9 Å². The van der Waals surface area contributed by atoms with Crippen LogP contribution in [0.4, 0.5) is 0 Å². The zero-order chi connectivity index (χ0) is 31.9. The van der Waals surface area contributed by atoms with E-state index in [9.17, 15) is 15.0 Å². The van der Waals surface area contributed by atoms with Gasteiger partial charge in [0.25, 0.3) is 0 Å². The van der Waals surface area contributed by atoms with E-state index >= 15 is 0 Å². The highest BCUT2D eigenvalue weighted by molar-refractivity contribution is 6.77. The van der Waals surface area contributed by atoms with Gasteiger partial charge in [-0.1, -0.05) is 79.7 Å². The highest BCUT2D eigenvalue weighted by atomic mass is 28.4. The van der Waals surface area contributed by atoms with Crippen molar-refractivity contribution in [2.75, 3.05) is 7.11 Å². The molecule has 8 heteroatoms. The van der Waals surface area contributed by atoms with E-state index in [0.29, 0.717) is 16.6 Å². The summed E-state index contributed by atoms with van der Waals surface area (Å²) in [5.41, 5.74) is 2.12. The lowest BCUT2D eigenvalue weighted by molar-refractivity contribution is -0.177. The number of aliphatic hydroxyl groups is 2. The standard InChI is InChI=1S/C33H58O7Si/c1-20(2)30(40-41(21(3)4,22(5)6)23(7)8)25(10)31(38-19-26-15-17-27(37-14)18-16-26)24(9)28(34)29(35)32(36)39-33(11,12)13/h15-18,21-25,28-31,34-35H,1,19H2,2-14H3/t24-,25+,28+,29-,30-,31-/m0/s1. The average molecular weight is 595 g/mol. The first-order chi connectivity index (χ1) is 18.8. The summed E-state index contributed by atoms with van der Waals surface area (Å²) in [5, 5.41) is 22.1. The molecule has 1 rings (SSSR count). The van der Waals surface area contributed by atoms with E-state index in [4.69, 9.17) is 18.6 Å². The summed E-state index contributed by atoms with van der Waals surface area (Å²) < 4.78 is 24.4. The number of hydrogen-bond acceptors (Lipinski definition) is 7. The summed E-state index contributed by atoms with van der Waals surface area (Å²) >= 11 is 0. The van der Waals surface area contributed by atoms with Crippen molar-refractivity contribution in [3.63, 3.8) is 0 Å². The van der Waals surface area contributed by atoms with E-state index in [2.05, 4.69) is 48.1 Å². The number of benzene rings is 1. The van der Waals surface area contributed by atoms with Crippen molar-refractivity contribution in [1.82, 2.24) is 0 Å². The van der Waals surface area contributed by atoms with E-state index in [1.807, 2.05) is 38.1 Å². The van der Waals surface area contributed by atoms with Crippen LogP contribution in [0.1, 0.15) is 88.6 Å². The number of carbonyl (C=O) groups excluding carboxylic acids is 1. The van der Waals surface area contributed by atoms with Crippen LogP contribution >= 0.6 is 0 Å².